The van der Waals surface area contributed by atoms with Crippen LogP contribution >= 0.6 is 11.6 Å². The minimum absolute atomic E-state index is 0.0332. The van der Waals surface area contributed by atoms with Gasteiger partial charge in [-0.1, -0.05) is 23.7 Å². The molecule has 9 nitrogen and oxygen atoms in total. The number of phenolic OH excluding ortho intramolecular Hbond substituents is 1. The first-order valence-electron chi connectivity index (χ1n) is 10.8. The monoisotopic (exact) mass is 549 g/mol. The lowest BCUT2D eigenvalue weighted by molar-refractivity contribution is -0.139. The van der Waals surface area contributed by atoms with E-state index in [4.69, 9.17) is 11.6 Å². The molecule has 0 aliphatic carbocycles. The predicted molar refractivity (Wildman–Crippen MR) is 128 cm³/mol. The number of halogens is 4. The van der Waals surface area contributed by atoms with E-state index in [0.717, 1.165) is 0 Å². The first-order chi connectivity index (χ1) is 18.0. The molecule has 38 heavy (non-hydrogen) atoms. The Morgan fingerprint density at radius 3 is 2.18 bits per heavy atom. The molecule has 198 valence electrons. The van der Waals surface area contributed by atoms with Crippen LogP contribution in [0.15, 0.2) is 54.6 Å². The van der Waals surface area contributed by atoms with E-state index in [1.165, 1.54) is 30.3 Å². The molecule has 0 saturated carbocycles. The van der Waals surface area contributed by atoms with Gasteiger partial charge in [-0.15, -0.1) is 0 Å². The molecule has 0 radical (unpaired) electrons. The number of benzene rings is 3. The van der Waals surface area contributed by atoms with E-state index >= 15 is 0 Å². The summed E-state index contributed by atoms with van der Waals surface area (Å²) in [5.41, 5.74) is -0.303. The minimum atomic E-state index is -1.71. The van der Waals surface area contributed by atoms with Crippen LogP contribution in [0.3, 0.4) is 0 Å². The summed E-state index contributed by atoms with van der Waals surface area (Å²) in [6.07, 6.45) is 0. The quantitative estimate of drug-likeness (QED) is 0.260. The number of rotatable bonds is 9. The number of carboxylic acid groups (broad SMARTS) is 1. The summed E-state index contributed by atoms with van der Waals surface area (Å²) < 4.78 is 40.2. The topological polar surface area (TPSA) is 145 Å². The summed E-state index contributed by atoms with van der Waals surface area (Å²) in [5.74, 6) is -8.61. The molecule has 13 heteroatoms. The highest BCUT2D eigenvalue weighted by Gasteiger charge is 2.24. The standard InChI is InChI=1S/C25H19ClF3N3O6/c26-17-7-13(22(34)30-10-12-2-1-3-14(33)6-12)4-5-15(17)24(36)32-21(25(37)38)11-31-23(35)16-8-19(28)20(29)9-18(16)27/h1-9,21,33H,10-11H2,(H,30,34)(H,31,35)(H,32,36)(H,37,38)/t21-/m0/s1. The second-order valence-electron chi connectivity index (χ2n) is 7.87. The number of carboxylic acids is 1. The summed E-state index contributed by atoms with van der Waals surface area (Å²) >= 11 is 6.12. The average Bonchev–Trinajstić information content (AvgIpc) is 2.86. The van der Waals surface area contributed by atoms with Crippen molar-refractivity contribution in [3.05, 3.63) is 99.3 Å². The molecule has 0 heterocycles. The molecular formula is C25H19ClF3N3O6. The Bertz CT molecular complexity index is 1420. The zero-order valence-electron chi connectivity index (χ0n) is 19.2. The Balaban J connectivity index is 1.63. The van der Waals surface area contributed by atoms with Gasteiger partial charge in [0.2, 0.25) is 0 Å². The number of hydrogen-bond donors (Lipinski definition) is 5. The van der Waals surface area contributed by atoms with Crippen molar-refractivity contribution in [3.8, 4) is 5.75 Å². The Morgan fingerprint density at radius 1 is 0.816 bits per heavy atom. The van der Waals surface area contributed by atoms with Crippen LogP contribution < -0.4 is 16.0 Å². The number of aliphatic carboxylic acids is 1. The fraction of sp³-hybridized carbons (Fsp3) is 0.120. The van der Waals surface area contributed by atoms with Gasteiger partial charge in [0.25, 0.3) is 17.7 Å². The lowest BCUT2D eigenvalue weighted by Gasteiger charge is -2.16. The molecule has 5 N–H and O–H groups in total. The van der Waals surface area contributed by atoms with Crippen LogP contribution in [0.25, 0.3) is 0 Å². The van der Waals surface area contributed by atoms with E-state index < -0.39 is 59.3 Å². The van der Waals surface area contributed by atoms with Crippen molar-refractivity contribution >= 4 is 35.3 Å². The fourth-order valence-electron chi connectivity index (χ4n) is 3.21. The highest BCUT2D eigenvalue weighted by molar-refractivity contribution is 6.34. The molecule has 3 amide bonds. The van der Waals surface area contributed by atoms with Gasteiger partial charge in [0.15, 0.2) is 11.6 Å². The first-order valence-corrected chi connectivity index (χ1v) is 11.2. The Kier molecular flexibility index (Phi) is 8.92. The normalized spacial score (nSPS) is 11.4. The van der Waals surface area contributed by atoms with Crippen molar-refractivity contribution in [3.63, 3.8) is 0 Å². The third-order valence-electron chi connectivity index (χ3n) is 5.16. The summed E-state index contributed by atoms with van der Waals surface area (Å²) in [6, 6.07) is 8.68. The second-order valence-corrected chi connectivity index (χ2v) is 8.27. The van der Waals surface area contributed by atoms with Crippen molar-refractivity contribution in [2.45, 2.75) is 12.6 Å². The molecule has 0 aromatic heterocycles. The highest BCUT2D eigenvalue weighted by atomic mass is 35.5. The van der Waals surface area contributed by atoms with Gasteiger partial charge >= 0.3 is 5.97 Å². The molecule has 1 atom stereocenters. The zero-order chi connectivity index (χ0) is 28.0. The molecule has 0 aliphatic rings. The van der Waals surface area contributed by atoms with Crippen molar-refractivity contribution in [2.75, 3.05) is 6.54 Å². The first kappa shape index (κ1) is 28.0. The summed E-state index contributed by atoms with van der Waals surface area (Å²) in [7, 11) is 0. The third-order valence-corrected chi connectivity index (χ3v) is 5.48. The zero-order valence-corrected chi connectivity index (χ0v) is 20.0. The Labute approximate surface area is 218 Å². The molecule has 0 aliphatic heterocycles. The molecule has 3 aromatic rings. The highest BCUT2D eigenvalue weighted by Crippen LogP contribution is 2.19. The largest absolute Gasteiger partial charge is 0.508 e. The van der Waals surface area contributed by atoms with Gasteiger partial charge in [0.1, 0.15) is 17.6 Å². The van der Waals surface area contributed by atoms with E-state index in [-0.39, 0.29) is 34.5 Å². The van der Waals surface area contributed by atoms with E-state index in [2.05, 4.69) is 10.6 Å². The van der Waals surface area contributed by atoms with Gasteiger partial charge in [-0.2, -0.15) is 0 Å². The van der Waals surface area contributed by atoms with E-state index in [1.54, 1.807) is 12.1 Å². The Morgan fingerprint density at radius 2 is 1.53 bits per heavy atom. The SMILES string of the molecule is O=C(NCc1cccc(O)c1)c1ccc(C(=O)N[C@@H](CNC(=O)c2cc(F)c(F)cc2F)C(=O)O)c(Cl)c1. The van der Waals surface area contributed by atoms with Crippen LogP contribution in [0, 0.1) is 17.5 Å². The number of carbonyl (C=O) groups is 4. The van der Waals surface area contributed by atoms with Gasteiger partial charge in [0, 0.05) is 24.7 Å². The van der Waals surface area contributed by atoms with E-state index in [9.17, 15) is 42.6 Å². The lowest BCUT2D eigenvalue weighted by Crippen LogP contribution is -2.48. The molecule has 0 fully saturated rings. The maximum atomic E-state index is 13.8. The van der Waals surface area contributed by atoms with Crippen LogP contribution in [0.2, 0.25) is 5.02 Å². The van der Waals surface area contributed by atoms with Crippen LogP contribution in [0.1, 0.15) is 36.6 Å². The molecule has 0 saturated heterocycles. The molecule has 3 aromatic carbocycles. The van der Waals surface area contributed by atoms with Crippen molar-refractivity contribution in [1.82, 2.24) is 16.0 Å². The van der Waals surface area contributed by atoms with Gasteiger partial charge < -0.3 is 26.2 Å². The average molecular weight is 550 g/mol. The van der Waals surface area contributed by atoms with Crippen LogP contribution in [0.4, 0.5) is 13.2 Å². The number of amides is 3. The molecular weight excluding hydrogens is 531 g/mol. The molecule has 3 rings (SSSR count). The number of phenols is 1. The maximum Gasteiger partial charge on any atom is 0.328 e. The van der Waals surface area contributed by atoms with Crippen molar-refractivity contribution in [1.29, 1.82) is 0 Å². The fourth-order valence-corrected chi connectivity index (χ4v) is 3.48. The smallest absolute Gasteiger partial charge is 0.328 e. The number of carbonyl (C=O) groups excluding carboxylic acids is 3. The van der Waals surface area contributed by atoms with Gasteiger partial charge in [-0.25, -0.2) is 18.0 Å². The van der Waals surface area contributed by atoms with Crippen LogP contribution in [-0.2, 0) is 11.3 Å². The van der Waals surface area contributed by atoms with E-state index in [1.807, 2.05) is 5.32 Å². The number of hydrogen-bond acceptors (Lipinski definition) is 5. The van der Waals surface area contributed by atoms with Gasteiger partial charge in [-0.3, -0.25) is 14.4 Å². The van der Waals surface area contributed by atoms with Crippen molar-refractivity contribution < 1.29 is 42.6 Å². The van der Waals surface area contributed by atoms with Gasteiger partial charge in [-0.05, 0) is 42.0 Å². The summed E-state index contributed by atoms with van der Waals surface area (Å²) in [4.78, 5) is 48.7. The number of aromatic hydroxyl groups is 1. The number of nitrogens with one attached hydrogen (secondary N) is 3. The van der Waals surface area contributed by atoms with Crippen LogP contribution in [-0.4, -0.2) is 46.5 Å². The van der Waals surface area contributed by atoms with E-state index in [0.29, 0.717) is 11.6 Å². The maximum absolute atomic E-state index is 13.8. The molecule has 0 bridgehead atoms. The molecule has 0 unspecified atom stereocenters. The summed E-state index contributed by atoms with van der Waals surface area (Å²) in [6.45, 7) is -0.626. The van der Waals surface area contributed by atoms with Crippen molar-refractivity contribution in [2.24, 2.45) is 0 Å². The lowest BCUT2D eigenvalue weighted by atomic mass is 10.1. The summed E-state index contributed by atoms with van der Waals surface area (Å²) in [5, 5.41) is 25.5. The predicted octanol–water partition coefficient (Wildman–Crippen LogP) is 3.01. The van der Waals surface area contributed by atoms with Gasteiger partial charge in [0.05, 0.1) is 16.1 Å². The molecule has 0 spiro atoms. The minimum Gasteiger partial charge on any atom is -0.508 e. The second kappa shape index (κ2) is 12.1. The Hall–Kier alpha value is -4.58. The van der Waals surface area contributed by atoms with Crippen LogP contribution in [0.5, 0.6) is 5.75 Å². The third kappa shape index (κ3) is 7.01.